The molecule has 0 spiro atoms. The van der Waals surface area contributed by atoms with Gasteiger partial charge in [0.1, 0.15) is 5.82 Å². The van der Waals surface area contributed by atoms with Crippen LogP contribution in [0.3, 0.4) is 0 Å². The summed E-state index contributed by atoms with van der Waals surface area (Å²) in [7, 11) is 1.98. The Hall–Kier alpha value is -3.52. The molecule has 1 N–H and O–H groups in total. The molecule has 1 aliphatic rings. The van der Waals surface area contributed by atoms with Crippen LogP contribution in [0.1, 0.15) is 46.0 Å². The number of amides is 1. The van der Waals surface area contributed by atoms with Gasteiger partial charge in [0.05, 0.1) is 28.1 Å². The average Bonchev–Trinajstić information content (AvgIpc) is 3.25. The second-order valence-corrected chi connectivity index (χ2v) is 9.87. The molecule has 9 heteroatoms. The Balaban J connectivity index is 1.64. The summed E-state index contributed by atoms with van der Waals surface area (Å²) in [4.78, 5) is 20.0. The van der Waals surface area contributed by atoms with Crippen molar-refractivity contribution in [1.82, 2.24) is 25.0 Å². The number of aromatic nitrogens is 3. The van der Waals surface area contributed by atoms with E-state index in [-0.39, 0.29) is 17.8 Å². The van der Waals surface area contributed by atoms with E-state index in [4.69, 9.17) is 28.3 Å². The predicted molar refractivity (Wildman–Crippen MR) is 144 cm³/mol. The molecule has 0 aliphatic carbocycles. The van der Waals surface area contributed by atoms with Crippen molar-refractivity contribution in [2.75, 3.05) is 13.6 Å². The van der Waals surface area contributed by atoms with Crippen LogP contribution in [0.4, 0.5) is 4.39 Å². The molecule has 1 atom stereocenters. The van der Waals surface area contributed by atoms with Crippen molar-refractivity contribution in [2.45, 2.75) is 19.5 Å². The molecule has 5 rings (SSSR count). The largest absolute Gasteiger partial charge is 0.343 e. The standard InChI is InChI=1S/C28H24Cl2FN5O/c1-17(24-5-3-4-12-32-24)33-28(37)26-22-16-35(2)15-19(13-18-6-9-21(31)10-7-18)27(22)36(34-26)25-11-8-20(29)14-23(25)30/h3-14,17H,15-16H2,1-2H3,(H,33,37)/b19-13+. The molecule has 37 heavy (non-hydrogen) atoms. The van der Waals surface area contributed by atoms with Gasteiger partial charge in [-0.05, 0) is 73.6 Å². The van der Waals surface area contributed by atoms with Crippen molar-refractivity contribution >= 4 is 40.8 Å². The van der Waals surface area contributed by atoms with E-state index >= 15 is 0 Å². The molecule has 2 aromatic carbocycles. The van der Waals surface area contributed by atoms with Gasteiger partial charge in [-0.3, -0.25) is 14.7 Å². The van der Waals surface area contributed by atoms with Crippen LogP contribution < -0.4 is 5.32 Å². The first kappa shape index (κ1) is 25.1. The van der Waals surface area contributed by atoms with Crippen molar-refractivity contribution in [2.24, 2.45) is 0 Å². The van der Waals surface area contributed by atoms with E-state index in [1.165, 1.54) is 12.1 Å². The van der Waals surface area contributed by atoms with Gasteiger partial charge in [0.25, 0.3) is 5.91 Å². The highest BCUT2D eigenvalue weighted by Crippen LogP contribution is 2.35. The number of benzene rings is 2. The first-order valence-electron chi connectivity index (χ1n) is 11.7. The normalized spacial score (nSPS) is 15.4. The lowest BCUT2D eigenvalue weighted by Crippen LogP contribution is -2.31. The fraction of sp³-hybridized carbons (Fsp3) is 0.179. The summed E-state index contributed by atoms with van der Waals surface area (Å²) < 4.78 is 15.2. The van der Waals surface area contributed by atoms with Gasteiger partial charge >= 0.3 is 0 Å². The van der Waals surface area contributed by atoms with E-state index in [1.807, 2.05) is 38.2 Å². The Labute approximate surface area is 224 Å². The number of rotatable bonds is 5. The molecule has 0 bridgehead atoms. The highest BCUT2D eigenvalue weighted by Gasteiger charge is 2.31. The topological polar surface area (TPSA) is 63.1 Å². The number of likely N-dealkylation sites (N-methyl/N-ethyl adjacent to an activating group) is 1. The van der Waals surface area contributed by atoms with Crippen LogP contribution >= 0.6 is 23.2 Å². The molecule has 1 unspecified atom stereocenters. The van der Waals surface area contributed by atoms with Crippen LogP contribution in [0.15, 0.2) is 66.9 Å². The summed E-state index contributed by atoms with van der Waals surface area (Å²) in [6, 6.07) is 16.7. The zero-order valence-corrected chi connectivity index (χ0v) is 21.8. The first-order chi connectivity index (χ1) is 17.8. The summed E-state index contributed by atoms with van der Waals surface area (Å²) in [5.41, 5.74) is 4.97. The fourth-order valence-corrected chi connectivity index (χ4v) is 4.97. The summed E-state index contributed by atoms with van der Waals surface area (Å²) in [5.74, 6) is -0.614. The van der Waals surface area contributed by atoms with Crippen LogP contribution in [-0.4, -0.2) is 39.2 Å². The third kappa shape index (κ3) is 5.30. The third-order valence-electron chi connectivity index (χ3n) is 6.20. The van der Waals surface area contributed by atoms with Crippen molar-refractivity contribution in [3.05, 3.63) is 111 Å². The highest BCUT2D eigenvalue weighted by molar-refractivity contribution is 6.35. The Morgan fingerprint density at radius 1 is 1.11 bits per heavy atom. The van der Waals surface area contributed by atoms with Crippen molar-refractivity contribution in [3.8, 4) is 5.69 Å². The van der Waals surface area contributed by atoms with Gasteiger partial charge in [-0.15, -0.1) is 0 Å². The molecular weight excluding hydrogens is 512 g/mol. The van der Waals surface area contributed by atoms with Gasteiger partial charge in [-0.2, -0.15) is 5.10 Å². The lowest BCUT2D eigenvalue weighted by molar-refractivity contribution is 0.0932. The van der Waals surface area contributed by atoms with Crippen LogP contribution in [0.25, 0.3) is 17.3 Å². The number of fused-ring (bicyclic) bond motifs is 1. The Bertz CT molecular complexity index is 1480. The van der Waals surface area contributed by atoms with E-state index in [1.54, 1.807) is 41.2 Å². The number of halogens is 3. The number of hydrogen-bond acceptors (Lipinski definition) is 4. The zero-order valence-electron chi connectivity index (χ0n) is 20.3. The fourth-order valence-electron chi connectivity index (χ4n) is 4.48. The number of nitrogens with zero attached hydrogens (tertiary/aromatic N) is 4. The second kappa shape index (κ2) is 10.5. The maximum Gasteiger partial charge on any atom is 0.272 e. The number of carbonyl (C=O) groups excluding carboxylic acids is 1. The lowest BCUT2D eigenvalue weighted by Gasteiger charge is -2.26. The first-order valence-corrected chi connectivity index (χ1v) is 12.5. The van der Waals surface area contributed by atoms with Gasteiger partial charge in [0.2, 0.25) is 0 Å². The molecule has 1 amide bonds. The molecular formula is C28H24Cl2FN5O. The van der Waals surface area contributed by atoms with Crippen LogP contribution in [-0.2, 0) is 6.54 Å². The number of pyridine rings is 1. The quantitative estimate of drug-likeness (QED) is 0.331. The van der Waals surface area contributed by atoms with Crippen LogP contribution in [0.5, 0.6) is 0 Å². The molecule has 188 valence electrons. The SMILES string of the molecule is CC(NC(=O)c1nn(-c2ccc(Cl)cc2Cl)c2c1CN(C)C/C2=C\c1ccc(F)cc1)c1ccccn1. The minimum atomic E-state index is -0.316. The molecule has 0 saturated carbocycles. The van der Waals surface area contributed by atoms with Gasteiger partial charge in [-0.1, -0.05) is 41.4 Å². The molecule has 6 nitrogen and oxygen atoms in total. The van der Waals surface area contributed by atoms with E-state index in [2.05, 4.69) is 15.2 Å². The molecule has 3 heterocycles. The minimum Gasteiger partial charge on any atom is -0.343 e. The summed E-state index contributed by atoms with van der Waals surface area (Å²) >= 11 is 12.7. The Morgan fingerprint density at radius 2 is 1.89 bits per heavy atom. The highest BCUT2D eigenvalue weighted by atomic mass is 35.5. The maximum atomic E-state index is 13.5. The summed E-state index contributed by atoms with van der Waals surface area (Å²) in [6.07, 6.45) is 3.67. The average molecular weight is 536 g/mol. The van der Waals surface area contributed by atoms with E-state index in [9.17, 15) is 9.18 Å². The Kier molecular flexibility index (Phi) is 7.11. The third-order valence-corrected chi connectivity index (χ3v) is 6.74. The number of carbonyl (C=O) groups is 1. The van der Waals surface area contributed by atoms with Crippen LogP contribution in [0, 0.1) is 5.82 Å². The predicted octanol–water partition coefficient (Wildman–Crippen LogP) is 6.19. The summed E-state index contributed by atoms with van der Waals surface area (Å²) in [6.45, 7) is 3.00. The van der Waals surface area contributed by atoms with Crippen molar-refractivity contribution < 1.29 is 9.18 Å². The smallest absolute Gasteiger partial charge is 0.272 e. The number of hydrogen-bond donors (Lipinski definition) is 1. The van der Waals surface area contributed by atoms with Gasteiger partial charge in [-0.25, -0.2) is 9.07 Å². The molecule has 0 radical (unpaired) electrons. The van der Waals surface area contributed by atoms with E-state index in [0.717, 1.165) is 28.1 Å². The van der Waals surface area contributed by atoms with Crippen molar-refractivity contribution in [3.63, 3.8) is 0 Å². The minimum absolute atomic E-state index is 0.303. The van der Waals surface area contributed by atoms with Gasteiger partial charge in [0, 0.05) is 29.9 Å². The van der Waals surface area contributed by atoms with Crippen molar-refractivity contribution in [1.29, 1.82) is 0 Å². The lowest BCUT2D eigenvalue weighted by atomic mass is 9.97. The maximum absolute atomic E-state index is 13.5. The van der Waals surface area contributed by atoms with Crippen LogP contribution in [0.2, 0.25) is 10.0 Å². The Morgan fingerprint density at radius 3 is 2.59 bits per heavy atom. The number of nitrogens with one attached hydrogen (secondary N) is 1. The molecule has 4 aromatic rings. The molecule has 1 aliphatic heterocycles. The van der Waals surface area contributed by atoms with Gasteiger partial charge in [0.15, 0.2) is 5.69 Å². The monoisotopic (exact) mass is 535 g/mol. The van der Waals surface area contributed by atoms with E-state index < -0.39 is 0 Å². The second-order valence-electron chi connectivity index (χ2n) is 9.03. The summed E-state index contributed by atoms with van der Waals surface area (Å²) in [5, 5.41) is 8.70. The molecule has 2 aromatic heterocycles. The van der Waals surface area contributed by atoms with Gasteiger partial charge < -0.3 is 5.32 Å². The van der Waals surface area contributed by atoms with E-state index in [0.29, 0.717) is 34.5 Å². The molecule has 0 saturated heterocycles. The molecule has 0 fully saturated rings. The zero-order chi connectivity index (χ0) is 26.1.